The largest absolute Gasteiger partial charge is 0.346 e. The molecule has 0 aliphatic carbocycles. The Kier molecular flexibility index (Phi) is 3.31. The summed E-state index contributed by atoms with van der Waals surface area (Å²) in [4.78, 5) is 2.33. The van der Waals surface area contributed by atoms with Crippen molar-refractivity contribution in [3.8, 4) is 0 Å². The third kappa shape index (κ3) is 2.22. The molecule has 78 valence electrons. The SMILES string of the molecule is NCCC1CCCN(c2nncs2)C1. The van der Waals surface area contributed by atoms with Gasteiger partial charge in [0, 0.05) is 13.1 Å². The summed E-state index contributed by atoms with van der Waals surface area (Å²) in [5.74, 6) is 0.748. The van der Waals surface area contributed by atoms with E-state index < -0.39 is 0 Å². The molecule has 1 unspecified atom stereocenters. The minimum Gasteiger partial charge on any atom is -0.346 e. The van der Waals surface area contributed by atoms with Crippen molar-refractivity contribution >= 4 is 16.5 Å². The van der Waals surface area contributed by atoms with Crippen molar-refractivity contribution in [2.45, 2.75) is 19.3 Å². The average Bonchev–Trinajstić information content (AvgIpc) is 2.71. The Hall–Kier alpha value is -0.680. The predicted octanol–water partition coefficient (Wildman–Crippen LogP) is 1.10. The van der Waals surface area contributed by atoms with Crippen LogP contribution in [-0.2, 0) is 0 Å². The second kappa shape index (κ2) is 4.70. The first-order chi connectivity index (χ1) is 6.90. The number of aromatic nitrogens is 2. The number of rotatable bonds is 3. The summed E-state index contributed by atoms with van der Waals surface area (Å²) in [6.45, 7) is 3.03. The maximum absolute atomic E-state index is 5.58. The van der Waals surface area contributed by atoms with E-state index in [9.17, 15) is 0 Å². The van der Waals surface area contributed by atoms with Crippen LogP contribution in [0.4, 0.5) is 5.13 Å². The highest BCUT2D eigenvalue weighted by Crippen LogP contribution is 2.25. The topological polar surface area (TPSA) is 55.0 Å². The van der Waals surface area contributed by atoms with Gasteiger partial charge in [0.25, 0.3) is 0 Å². The van der Waals surface area contributed by atoms with E-state index in [1.807, 2.05) is 0 Å². The molecule has 0 saturated carbocycles. The summed E-state index contributed by atoms with van der Waals surface area (Å²) in [6.07, 6.45) is 3.70. The molecule has 1 aromatic rings. The van der Waals surface area contributed by atoms with E-state index in [1.165, 1.54) is 12.8 Å². The first kappa shape index (κ1) is 9.86. The Balaban J connectivity index is 1.94. The zero-order valence-corrected chi connectivity index (χ0v) is 9.04. The van der Waals surface area contributed by atoms with Crippen molar-refractivity contribution in [2.75, 3.05) is 24.5 Å². The summed E-state index contributed by atoms with van der Waals surface area (Å²) in [7, 11) is 0. The molecular formula is C9H16N4S. The quantitative estimate of drug-likeness (QED) is 0.815. The van der Waals surface area contributed by atoms with Crippen molar-refractivity contribution in [3.63, 3.8) is 0 Å². The van der Waals surface area contributed by atoms with E-state index in [-0.39, 0.29) is 0 Å². The lowest BCUT2D eigenvalue weighted by Crippen LogP contribution is -2.36. The number of hydrogen-bond donors (Lipinski definition) is 1. The minimum atomic E-state index is 0.748. The summed E-state index contributed by atoms with van der Waals surface area (Å²) < 4.78 is 0. The van der Waals surface area contributed by atoms with Gasteiger partial charge in [-0.15, -0.1) is 10.2 Å². The van der Waals surface area contributed by atoms with Gasteiger partial charge in [-0.3, -0.25) is 0 Å². The first-order valence-corrected chi connectivity index (χ1v) is 5.99. The molecule has 1 aliphatic rings. The molecule has 1 aliphatic heterocycles. The average molecular weight is 212 g/mol. The molecule has 0 radical (unpaired) electrons. The highest BCUT2D eigenvalue weighted by molar-refractivity contribution is 7.13. The molecule has 1 aromatic heterocycles. The maximum atomic E-state index is 5.58. The van der Waals surface area contributed by atoms with Crippen LogP contribution in [0.5, 0.6) is 0 Å². The Morgan fingerprint density at radius 3 is 3.29 bits per heavy atom. The van der Waals surface area contributed by atoms with Crippen molar-refractivity contribution in [2.24, 2.45) is 11.7 Å². The van der Waals surface area contributed by atoms with E-state index in [2.05, 4.69) is 15.1 Å². The van der Waals surface area contributed by atoms with Gasteiger partial charge in [0.2, 0.25) is 5.13 Å². The molecule has 0 spiro atoms. The molecule has 0 aromatic carbocycles. The predicted molar refractivity (Wildman–Crippen MR) is 58.5 cm³/mol. The van der Waals surface area contributed by atoms with Crippen LogP contribution in [0.25, 0.3) is 0 Å². The summed E-state index contributed by atoms with van der Waals surface area (Å²) in [5.41, 5.74) is 7.37. The molecule has 5 heteroatoms. The van der Waals surface area contributed by atoms with Gasteiger partial charge in [0.1, 0.15) is 5.51 Å². The van der Waals surface area contributed by atoms with Crippen LogP contribution in [0, 0.1) is 5.92 Å². The van der Waals surface area contributed by atoms with Crippen LogP contribution in [0.2, 0.25) is 0 Å². The molecule has 4 nitrogen and oxygen atoms in total. The van der Waals surface area contributed by atoms with Gasteiger partial charge in [-0.25, -0.2) is 0 Å². The summed E-state index contributed by atoms with van der Waals surface area (Å²) in [5, 5.41) is 9.03. The molecule has 2 N–H and O–H groups in total. The fourth-order valence-corrected chi connectivity index (χ4v) is 2.61. The van der Waals surface area contributed by atoms with Gasteiger partial charge in [0.05, 0.1) is 0 Å². The van der Waals surface area contributed by atoms with Crippen LogP contribution >= 0.6 is 11.3 Å². The number of nitrogens with two attached hydrogens (primary N) is 1. The first-order valence-electron chi connectivity index (χ1n) is 5.11. The minimum absolute atomic E-state index is 0.748. The van der Waals surface area contributed by atoms with Crippen LogP contribution in [0.15, 0.2) is 5.51 Å². The van der Waals surface area contributed by atoms with Gasteiger partial charge < -0.3 is 10.6 Å². The lowest BCUT2D eigenvalue weighted by atomic mass is 9.95. The van der Waals surface area contributed by atoms with Crippen molar-refractivity contribution in [1.82, 2.24) is 10.2 Å². The van der Waals surface area contributed by atoms with Gasteiger partial charge in [-0.2, -0.15) is 0 Å². The molecule has 2 rings (SSSR count). The Morgan fingerprint density at radius 1 is 1.64 bits per heavy atom. The van der Waals surface area contributed by atoms with Gasteiger partial charge in [-0.1, -0.05) is 11.3 Å². The lowest BCUT2D eigenvalue weighted by molar-refractivity contribution is 0.395. The Bertz CT molecular complexity index is 260. The summed E-state index contributed by atoms with van der Waals surface area (Å²) in [6, 6.07) is 0. The fraction of sp³-hybridized carbons (Fsp3) is 0.778. The maximum Gasteiger partial charge on any atom is 0.208 e. The standard InChI is InChI=1S/C9H16N4S/c10-4-3-8-2-1-5-13(6-8)9-12-11-7-14-9/h7-8H,1-6,10H2. The highest BCUT2D eigenvalue weighted by Gasteiger charge is 2.20. The van der Waals surface area contributed by atoms with Crippen LogP contribution in [0.1, 0.15) is 19.3 Å². The molecule has 0 amide bonds. The molecule has 2 heterocycles. The summed E-state index contributed by atoms with van der Waals surface area (Å²) >= 11 is 1.62. The van der Waals surface area contributed by atoms with Crippen LogP contribution in [-0.4, -0.2) is 29.8 Å². The highest BCUT2D eigenvalue weighted by atomic mass is 32.1. The zero-order chi connectivity index (χ0) is 9.80. The van der Waals surface area contributed by atoms with Crippen molar-refractivity contribution < 1.29 is 0 Å². The number of hydrogen-bond acceptors (Lipinski definition) is 5. The third-order valence-corrected chi connectivity index (χ3v) is 3.46. The monoisotopic (exact) mass is 212 g/mol. The van der Waals surface area contributed by atoms with E-state index in [0.29, 0.717) is 0 Å². The second-order valence-electron chi connectivity index (χ2n) is 3.75. The molecule has 1 atom stereocenters. The Labute approximate surface area is 88.1 Å². The normalized spacial score (nSPS) is 22.6. The van der Waals surface area contributed by atoms with Crippen molar-refractivity contribution in [3.05, 3.63) is 5.51 Å². The zero-order valence-electron chi connectivity index (χ0n) is 8.22. The van der Waals surface area contributed by atoms with Crippen molar-refractivity contribution in [1.29, 1.82) is 0 Å². The number of anilines is 1. The molecule has 1 fully saturated rings. The van der Waals surface area contributed by atoms with E-state index in [0.717, 1.165) is 37.1 Å². The van der Waals surface area contributed by atoms with E-state index >= 15 is 0 Å². The molecule has 14 heavy (non-hydrogen) atoms. The smallest absolute Gasteiger partial charge is 0.208 e. The number of piperidine rings is 1. The van der Waals surface area contributed by atoms with Gasteiger partial charge in [-0.05, 0) is 31.7 Å². The van der Waals surface area contributed by atoms with Crippen LogP contribution < -0.4 is 10.6 Å². The van der Waals surface area contributed by atoms with Crippen LogP contribution in [0.3, 0.4) is 0 Å². The van der Waals surface area contributed by atoms with E-state index in [1.54, 1.807) is 16.8 Å². The lowest BCUT2D eigenvalue weighted by Gasteiger charge is -2.31. The number of nitrogens with zero attached hydrogens (tertiary/aromatic N) is 3. The van der Waals surface area contributed by atoms with Gasteiger partial charge in [0.15, 0.2) is 0 Å². The molecule has 1 saturated heterocycles. The van der Waals surface area contributed by atoms with Gasteiger partial charge >= 0.3 is 0 Å². The molecular weight excluding hydrogens is 196 g/mol. The fourth-order valence-electron chi connectivity index (χ4n) is 2.02. The second-order valence-corrected chi connectivity index (χ2v) is 4.56. The third-order valence-electron chi connectivity index (χ3n) is 2.71. The Morgan fingerprint density at radius 2 is 2.57 bits per heavy atom. The van der Waals surface area contributed by atoms with E-state index in [4.69, 9.17) is 5.73 Å². The molecule has 0 bridgehead atoms.